The molecule has 2 saturated heterocycles. The Bertz CT molecular complexity index is 469. The number of carboxylic acids is 1. The highest BCUT2D eigenvalue weighted by Gasteiger charge is 2.42. The summed E-state index contributed by atoms with van der Waals surface area (Å²) in [4.78, 5) is 34.0. The number of thioether (sulfide) groups is 1. The van der Waals surface area contributed by atoms with Crippen LogP contribution in [0, 0.1) is 0 Å². The zero-order chi connectivity index (χ0) is 16.3. The van der Waals surface area contributed by atoms with Crippen LogP contribution in [-0.2, 0) is 9.59 Å². The highest BCUT2D eigenvalue weighted by Crippen LogP contribution is 2.33. The fourth-order valence-electron chi connectivity index (χ4n) is 2.74. The van der Waals surface area contributed by atoms with E-state index >= 15 is 0 Å². The molecule has 0 radical (unpaired) electrons. The van der Waals surface area contributed by atoms with Gasteiger partial charge in [0.1, 0.15) is 5.54 Å². The molecule has 3 atom stereocenters. The summed E-state index contributed by atoms with van der Waals surface area (Å²) in [5.74, 6) is -0.347. The molecular formula is C14H23N3O4S. The van der Waals surface area contributed by atoms with Crippen LogP contribution in [0.4, 0.5) is 4.79 Å². The Kier molecular flexibility index (Phi) is 5.20. The number of carbonyl (C=O) groups is 3. The van der Waals surface area contributed by atoms with Gasteiger partial charge in [-0.25, -0.2) is 9.59 Å². The van der Waals surface area contributed by atoms with Gasteiger partial charge in [-0.15, -0.1) is 0 Å². The Labute approximate surface area is 134 Å². The molecule has 2 rings (SSSR count). The standard InChI is InChI=1S/C14H23N3O4S/c1-14(2,12(19)20)17-10(18)6-4-3-5-9-11-8(7-22-9)15-13(21)16-11/h8-9,11H,3-7H2,1-2H3,(H,17,18)(H,19,20)(H2,15,16,21)/t8-,9-,11-/m0/s1. The molecule has 2 fully saturated rings. The number of nitrogens with one attached hydrogen (secondary N) is 3. The third-order valence-electron chi connectivity index (χ3n) is 4.07. The second-order valence-corrected chi connectivity index (χ2v) is 7.62. The summed E-state index contributed by atoms with van der Waals surface area (Å²) in [7, 11) is 0. The van der Waals surface area contributed by atoms with Gasteiger partial charge in [0.25, 0.3) is 0 Å². The number of unbranched alkanes of at least 4 members (excludes halogenated alkanes) is 1. The smallest absolute Gasteiger partial charge is 0.328 e. The maximum atomic E-state index is 11.7. The van der Waals surface area contributed by atoms with Crippen LogP contribution in [0.5, 0.6) is 0 Å². The summed E-state index contributed by atoms with van der Waals surface area (Å²) in [6, 6.07) is 0.329. The van der Waals surface area contributed by atoms with Gasteiger partial charge in [0.05, 0.1) is 12.1 Å². The normalized spacial score (nSPS) is 27.0. The summed E-state index contributed by atoms with van der Waals surface area (Å²) in [5, 5.41) is 17.7. The van der Waals surface area contributed by atoms with E-state index in [-0.39, 0.29) is 24.0 Å². The maximum absolute atomic E-state index is 11.7. The first-order valence-corrected chi connectivity index (χ1v) is 8.57. The number of hydrogen-bond donors (Lipinski definition) is 4. The van der Waals surface area contributed by atoms with Gasteiger partial charge in [0.15, 0.2) is 0 Å². The van der Waals surface area contributed by atoms with Crippen LogP contribution in [0.2, 0.25) is 0 Å². The quantitative estimate of drug-likeness (QED) is 0.406. The minimum Gasteiger partial charge on any atom is -0.480 e. The summed E-state index contributed by atoms with van der Waals surface area (Å²) in [5.41, 5.74) is -1.23. The predicted molar refractivity (Wildman–Crippen MR) is 83.8 cm³/mol. The van der Waals surface area contributed by atoms with Crippen LogP contribution in [0.3, 0.4) is 0 Å². The zero-order valence-electron chi connectivity index (χ0n) is 12.8. The van der Waals surface area contributed by atoms with E-state index in [0.29, 0.717) is 11.7 Å². The third kappa shape index (κ3) is 4.06. The van der Waals surface area contributed by atoms with Crippen LogP contribution < -0.4 is 16.0 Å². The molecule has 0 aromatic rings. The summed E-state index contributed by atoms with van der Waals surface area (Å²) in [6.07, 6.45) is 2.88. The van der Waals surface area contributed by atoms with Gasteiger partial charge in [-0.1, -0.05) is 6.42 Å². The molecule has 0 aromatic heterocycles. The molecule has 2 heterocycles. The minimum atomic E-state index is -1.23. The fourth-order valence-corrected chi connectivity index (χ4v) is 4.28. The third-order valence-corrected chi connectivity index (χ3v) is 5.58. The average molecular weight is 329 g/mol. The molecule has 0 bridgehead atoms. The van der Waals surface area contributed by atoms with E-state index in [9.17, 15) is 14.4 Å². The molecule has 0 aromatic carbocycles. The van der Waals surface area contributed by atoms with E-state index in [2.05, 4.69) is 16.0 Å². The molecule has 2 aliphatic heterocycles. The monoisotopic (exact) mass is 329 g/mol. The predicted octanol–water partition coefficient (Wildman–Crippen LogP) is 0.692. The summed E-state index contributed by atoms with van der Waals surface area (Å²) < 4.78 is 0. The van der Waals surface area contributed by atoms with E-state index in [0.717, 1.165) is 25.0 Å². The minimum absolute atomic E-state index is 0.0874. The van der Waals surface area contributed by atoms with E-state index in [1.807, 2.05) is 11.8 Å². The Morgan fingerprint density at radius 2 is 2.09 bits per heavy atom. The fraction of sp³-hybridized carbons (Fsp3) is 0.786. The Hall–Kier alpha value is -1.44. The molecule has 7 nitrogen and oxygen atoms in total. The number of carbonyl (C=O) groups excluding carboxylic acids is 2. The molecule has 0 aliphatic carbocycles. The van der Waals surface area contributed by atoms with Crippen LogP contribution in [0.25, 0.3) is 0 Å². The van der Waals surface area contributed by atoms with Gasteiger partial charge < -0.3 is 21.1 Å². The largest absolute Gasteiger partial charge is 0.480 e. The van der Waals surface area contributed by atoms with Crippen molar-refractivity contribution in [3.8, 4) is 0 Å². The van der Waals surface area contributed by atoms with E-state index in [1.165, 1.54) is 13.8 Å². The number of urea groups is 1. The lowest BCUT2D eigenvalue weighted by Crippen LogP contribution is -2.49. The molecule has 4 N–H and O–H groups in total. The van der Waals surface area contributed by atoms with Gasteiger partial charge >= 0.3 is 12.0 Å². The SMILES string of the molecule is CC(C)(NC(=O)CCCC[C@@H]1SC[C@@H]2NC(=O)N[C@@H]21)C(=O)O. The lowest BCUT2D eigenvalue weighted by Gasteiger charge is -2.21. The summed E-state index contributed by atoms with van der Waals surface area (Å²) in [6.45, 7) is 2.94. The number of rotatable bonds is 7. The van der Waals surface area contributed by atoms with Crippen LogP contribution >= 0.6 is 11.8 Å². The van der Waals surface area contributed by atoms with Gasteiger partial charge in [-0.3, -0.25) is 4.79 Å². The molecule has 8 heteroatoms. The molecule has 0 unspecified atom stereocenters. The second kappa shape index (κ2) is 6.76. The maximum Gasteiger partial charge on any atom is 0.328 e. The molecule has 0 saturated carbocycles. The van der Waals surface area contributed by atoms with Crippen LogP contribution in [0.15, 0.2) is 0 Å². The molecular weight excluding hydrogens is 306 g/mol. The second-order valence-electron chi connectivity index (χ2n) is 6.35. The van der Waals surface area contributed by atoms with Crippen molar-refractivity contribution in [3.63, 3.8) is 0 Å². The van der Waals surface area contributed by atoms with E-state index in [4.69, 9.17) is 5.11 Å². The Morgan fingerprint density at radius 1 is 1.36 bits per heavy atom. The number of fused-ring (bicyclic) bond motifs is 1. The topological polar surface area (TPSA) is 108 Å². The van der Waals surface area contributed by atoms with Gasteiger partial charge in [0, 0.05) is 17.4 Å². The van der Waals surface area contributed by atoms with Crippen molar-refractivity contribution < 1.29 is 19.5 Å². The average Bonchev–Trinajstić information content (AvgIpc) is 2.93. The van der Waals surface area contributed by atoms with Gasteiger partial charge in [-0.2, -0.15) is 11.8 Å². The van der Waals surface area contributed by atoms with Crippen molar-refractivity contribution >= 4 is 29.7 Å². The first-order chi connectivity index (χ1) is 10.3. The van der Waals surface area contributed by atoms with Crippen molar-refractivity contribution in [2.24, 2.45) is 0 Å². The summed E-state index contributed by atoms with van der Waals surface area (Å²) >= 11 is 1.85. The van der Waals surface area contributed by atoms with Crippen LogP contribution in [-0.4, -0.2) is 51.6 Å². The number of aliphatic carboxylic acids is 1. The molecule has 3 amide bonds. The first-order valence-electron chi connectivity index (χ1n) is 7.52. The first kappa shape index (κ1) is 16.9. The van der Waals surface area contributed by atoms with Gasteiger partial charge in [0.2, 0.25) is 5.91 Å². The van der Waals surface area contributed by atoms with Crippen molar-refractivity contribution in [1.82, 2.24) is 16.0 Å². The lowest BCUT2D eigenvalue weighted by molar-refractivity contribution is -0.146. The van der Waals surface area contributed by atoms with Crippen molar-refractivity contribution in [3.05, 3.63) is 0 Å². The van der Waals surface area contributed by atoms with E-state index in [1.54, 1.807) is 0 Å². The van der Waals surface area contributed by atoms with Crippen LogP contribution in [0.1, 0.15) is 39.5 Å². The Morgan fingerprint density at radius 3 is 2.77 bits per heavy atom. The lowest BCUT2D eigenvalue weighted by atomic mass is 10.0. The molecule has 124 valence electrons. The number of hydrogen-bond acceptors (Lipinski definition) is 4. The molecule has 0 spiro atoms. The number of carboxylic acid groups (broad SMARTS) is 1. The van der Waals surface area contributed by atoms with Crippen molar-refractivity contribution in [2.45, 2.75) is 62.4 Å². The highest BCUT2D eigenvalue weighted by molar-refractivity contribution is 8.00. The zero-order valence-corrected chi connectivity index (χ0v) is 13.7. The molecule has 22 heavy (non-hydrogen) atoms. The van der Waals surface area contributed by atoms with Crippen molar-refractivity contribution in [1.29, 1.82) is 0 Å². The highest BCUT2D eigenvalue weighted by atomic mass is 32.2. The van der Waals surface area contributed by atoms with Gasteiger partial charge in [-0.05, 0) is 26.7 Å². The molecule has 2 aliphatic rings. The Balaban J connectivity index is 1.64. The number of amides is 3. The van der Waals surface area contributed by atoms with Crippen molar-refractivity contribution in [2.75, 3.05) is 5.75 Å². The van der Waals surface area contributed by atoms with E-state index < -0.39 is 11.5 Å².